The molecular formula is C25H25FN6O. The van der Waals surface area contributed by atoms with E-state index in [9.17, 15) is 4.79 Å². The van der Waals surface area contributed by atoms with E-state index in [0.29, 0.717) is 24.5 Å². The third-order valence-electron chi connectivity index (χ3n) is 6.26. The zero-order valence-electron chi connectivity index (χ0n) is 18.5. The summed E-state index contributed by atoms with van der Waals surface area (Å²) in [5, 5.41) is 0. The number of para-hydroxylation sites is 1. The fourth-order valence-corrected chi connectivity index (χ4v) is 4.57. The molecule has 168 valence electrons. The van der Waals surface area contributed by atoms with Crippen LogP contribution in [0, 0.1) is 12.7 Å². The first-order chi connectivity index (χ1) is 15.7. The number of fused-ring (bicyclic) bond motifs is 1. The summed E-state index contributed by atoms with van der Waals surface area (Å²) in [7, 11) is 0. The molecule has 1 saturated heterocycles. The molecule has 0 bridgehead atoms. The van der Waals surface area contributed by atoms with E-state index in [2.05, 4.69) is 14.9 Å². The molecule has 0 aliphatic carbocycles. The number of aromatic nitrogens is 3. The molecule has 2 aromatic carbocycles. The minimum atomic E-state index is -0.816. The lowest BCUT2D eigenvalue weighted by molar-refractivity contribution is 0.0996. The Hall–Kier alpha value is -3.78. The molecule has 1 aliphatic rings. The summed E-state index contributed by atoms with van der Waals surface area (Å²) in [5.41, 5.74) is 16.5. The minimum absolute atomic E-state index is 0.159. The summed E-state index contributed by atoms with van der Waals surface area (Å²) >= 11 is 0. The molecule has 1 aliphatic heterocycles. The Kier molecular flexibility index (Phi) is 4.90. The van der Waals surface area contributed by atoms with Crippen LogP contribution in [0.2, 0.25) is 0 Å². The van der Waals surface area contributed by atoms with Gasteiger partial charge in [-0.2, -0.15) is 0 Å². The number of nitrogens with two attached hydrogens (primary N) is 2. The highest BCUT2D eigenvalue weighted by Crippen LogP contribution is 2.42. The Bertz CT molecular complexity index is 1390. The number of benzene rings is 2. The van der Waals surface area contributed by atoms with Gasteiger partial charge in [0.25, 0.3) is 5.91 Å². The van der Waals surface area contributed by atoms with Crippen LogP contribution in [-0.2, 0) is 0 Å². The van der Waals surface area contributed by atoms with E-state index >= 15 is 4.39 Å². The average Bonchev–Trinajstić information content (AvgIpc) is 3.37. The van der Waals surface area contributed by atoms with Crippen molar-refractivity contribution >= 4 is 22.6 Å². The summed E-state index contributed by atoms with van der Waals surface area (Å²) in [5.74, 6) is -0.843. The number of anilines is 1. The molecular weight excluding hydrogens is 419 g/mol. The molecule has 5 rings (SSSR count). The van der Waals surface area contributed by atoms with Crippen LogP contribution in [0.15, 0.2) is 48.8 Å². The average molecular weight is 445 g/mol. The van der Waals surface area contributed by atoms with Crippen LogP contribution in [0.1, 0.15) is 29.3 Å². The van der Waals surface area contributed by atoms with Crippen molar-refractivity contribution in [2.75, 3.05) is 18.0 Å². The zero-order valence-corrected chi connectivity index (χ0v) is 18.5. The number of nitrogens with one attached hydrogen (secondary N) is 1. The van der Waals surface area contributed by atoms with Gasteiger partial charge < -0.3 is 21.4 Å². The number of imidazole rings is 1. The van der Waals surface area contributed by atoms with Crippen molar-refractivity contribution in [2.24, 2.45) is 11.5 Å². The SMILES string of the molecule is Cc1cccc2[nH]c(-c3cncc(-c4cccc(C(N)=O)c4F)c3N3CCC(C)(N)C3)nc12. The van der Waals surface area contributed by atoms with E-state index in [0.717, 1.165) is 34.3 Å². The maximum Gasteiger partial charge on any atom is 0.251 e. The molecule has 0 spiro atoms. The lowest BCUT2D eigenvalue weighted by Gasteiger charge is -2.26. The van der Waals surface area contributed by atoms with Gasteiger partial charge in [-0.05, 0) is 38.0 Å². The highest BCUT2D eigenvalue weighted by atomic mass is 19.1. The zero-order chi connectivity index (χ0) is 23.3. The molecule has 1 fully saturated rings. The second-order valence-electron chi connectivity index (χ2n) is 9.00. The third kappa shape index (κ3) is 3.62. The number of H-pyrrole nitrogens is 1. The van der Waals surface area contributed by atoms with Crippen LogP contribution in [0.25, 0.3) is 33.5 Å². The number of aryl methyl sites for hydroxylation is 1. The number of pyridine rings is 1. The number of hydrogen-bond acceptors (Lipinski definition) is 5. The number of amides is 1. The van der Waals surface area contributed by atoms with E-state index in [1.807, 2.05) is 32.0 Å². The number of aromatic amines is 1. The van der Waals surface area contributed by atoms with E-state index in [-0.39, 0.29) is 16.7 Å². The quantitative estimate of drug-likeness (QED) is 0.443. The summed E-state index contributed by atoms with van der Waals surface area (Å²) in [4.78, 5) is 26.5. The number of nitrogens with zero attached hydrogens (tertiary/aromatic N) is 3. The fraction of sp³-hybridized carbons (Fsp3) is 0.240. The Morgan fingerprint density at radius 1 is 1.15 bits per heavy atom. The first-order valence-corrected chi connectivity index (χ1v) is 10.8. The number of carbonyl (C=O) groups is 1. The van der Waals surface area contributed by atoms with Crippen LogP contribution in [0.3, 0.4) is 0 Å². The van der Waals surface area contributed by atoms with Gasteiger partial charge in [0.1, 0.15) is 11.6 Å². The van der Waals surface area contributed by atoms with Crippen molar-refractivity contribution < 1.29 is 9.18 Å². The number of primary amides is 1. The second kappa shape index (κ2) is 7.67. The number of rotatable bonds is 4. The van der Waals surface area contributed by atoms with Crippen LogP contribution >= 0.6 is 0 Å². The summed E-state index contributed by atoms with van der Waals surface area (Å²) in [6, 6.07) is 10.6. The normalized spacial score (nSPS) is 18.2. The first kappa shape index (κ1) is 21.1. The van der Waals surface area contributed by atoms with Gasteiger partial charge in [0.05, 0.1) is 27.8 Å². The number of halogens is 1. The van der Waals surface area contributed by atoms with Crippen LogP contribution < -0.4 is 16.4 Å². The van der Waals surface area contributed by atoms with Gasteiger partial charge in [-0.25, -0.2) is 9.37 Å². The molecule has 4 aromatic rings. The summed E-state index contributed by atoms with van der Waals surface area (Å²) < 4.78 is 15.4. The molecule has 5 N–H and O–H groups in total. The fourth-order valence-electron chi connectivity index (χ4n) is 4.57. The van der Waals surface area contributed by atoms with Crippen molar-refractivity contribution in [3.05, 3.63) is 65.7 Å². The Balaban J connectivity index is 1.77. The smallest absolute Gasteiger partial charge is 0.251 e. The molecule has 0 radical (unpaired) electrons. The predicted molar refractivity (Wildman–Crippen MR) is 127 cm³/mol. The van der Waals surface area contributed by atoms with E-state index in [1.165, 1.54) is 6.07 Å². The van der Waals surface area contributed by atoms with Crippen molar-refractivity contribution in [1.29, 1.82) is 0 Å². The largest absolute Gasteiger partial charge is 0.368 e. The summed E-state index contributed by atoms with van der Waals surface area (Å²) in [6.07, 6.45) is 4.13. The van der Waals surface area contributed by atoms with Crippen LogP contribution in [0.4, 0.5) is 10.1 Å². The van der Waals surface area contributed by atoms with Gasteiger partial charge in [0, 0.05) is 42.1 Å². The minimum Gasteiger partial charge on any atom is -0.368 e. The molecule has 1 amide bonds. The standard InChI is InChI=1S/C25H25FN6O/c1-14-5-3-8-19-21(14)31-24(30-19)18-12-29-11-17(22(18)32-10-9-25(2,28)13-32)15-6-4-7-16(20(15)26)23(27)33/h3-8,11-12H,9-10,13,28H2,1-2H3,(H2,27,33)(H,30,31). The maximum absolute atomic E-state index is 15.4. The molecule has 1 atom stereocenters. The molecule has 0 saturated carbocycles. The van der Waals surface area contributed by atoms with Gasteiger partial charge in [-0.3, -0.25) is 9.78 Å². The van der Waals surface area contributed by atoms with Crippen molar-refractivity contribution in [3.63, 3.8) is 0 Å². The Morgan fingerprint density at radius 3 is 2.61 bits per heavy atom. The predicted octanol–water partition coefficient (Wildman–Crippen LogP) is 3.77. The first-order valence-electron chi connectivity index (χ1n) is 10.8. The van der Waals surface area contributed by atoms with Gasteiger partial charge in [-0.1, -0.05) is 24.3 Å². The van der Waals surface area contributed by atoms with Gasteiger partial charge in [0.15, 0.2) is 0 Å². The number of hydrogen-bond donors (Lipinski definition) is 3. The Morgan fingerprint density at radius 2 is 1.91 bits per heavy atom. The topological polar surface area (TPSA) is 114 Å². The Labute approximate surface area is 190 Å². The maximum atomic E-state index is 15.4. The highest BCUT2D eigenvalue weighted by Gasteiger charge is 2.33. The lowest BCUT2D eigenvalue weighted by atomic mass is 9.98. The van der Waals surface area contributed by atoms with Gasteiger partial charge in [-0.15, -0.1) is 0 Å². The van der Waals surface area contributed by atoms with Crippen molar-refractivity contribution in [1.82, 2.24) is 15.0 Å². The van der Waals surface area contributed by atoms with Gasteiger partial charge in [0.2, 0.25) is 0 Å². The molecule has 8 heteroatoms. The monoisotopic (exact) mass is 444 g/mol. The molecule has 3 heterocycles. The van der Waals surface area contributed by atoms with Crippen molar-refractivity contribution in [2.45, 2.75) is 25.8 Å². The summed E-state index contributed by atoms with van der Waals surface area (Å²) in [6.45, 7) is 5.31. The van der Waals surface area contributed by atoms with Crippen LogP contribution in [-0.4, -0.2) is 39.5 Å². The van der Waals surface area contributed by atoms with Crippen LogP contribution in [0.5, 0.6) is 0 Å². The molecule has 33 heavy (non-hydrogen) atoms. The van der Waals surface area contributed by atoms with Gasteiger partial charge >= 0.3 is 0 Å². The molecule has 1 unspecified atom stereocenters. The van der Waals surface area contributed by atoms with Crippen molar-refractivity contribution in [3.8, 4) is 22.5 Å². The lowest BCUT2D eigenvalue weighted by Crippen LogP contribution is -2.39. The molecule has 2 aromatic heterocycles. The molecule has 7 nitrogen and oxygen atoms in total. The highest BCUT2D eigenvalue weighted by molar-refractivity contribution is 5.97. The third-order valence-corrected chi connectivity index (χ3v) is 6.26. The second-order valence-corrected chi connectivity index (χ2v) is 9.00. The number of carbonyl (C=O) groups excluding carboxylic acids is 1. The van der Waals surface area contributed by atoms with E-state index < -0.39 is 11.7 Å². The van der Waals surface area contributed by atoms with E-state index in [1.54, 1.807) is 24.5 Å². The van der Waals surface area contributed by atoms with E-state index in [4.69, 9.17) is 16.5 Å².